The zero-order valence-electron chi connectivity index (χ0n) is 15.9. The molecule has 0 saturated carbocycles. The molecule has 5 nitrogen and oxygen atoms in total. The molecule has 1 heterocycles. The molecule has 3 rings (SSSR count). The van der Waals surface area contributed by atoms with Crippen molar-refractivity contribution < 1.29 is 13.2 Å². The summed E-state index contributed by atoms with van der Waals surface area (Å²) in [5.74, 6) is -0.0827. The Labute approximate surface area is 161 Å². The largest absolute Gasteiger partial charge is 0.336 e. The van der Waals surface area contributed by atoms with Crippen molar-refractivity contribution in [2.24, 2.45) is 0 Å². The van der Waals surface area contributed by atoms with Crippen LogP contribution in [0.4, 0.5) is 0 Å². The maximum Gasteiger partial charge on any atom is 0.254 e. The molecule has 1 amide bonds. The lowest BCUT2D eigenvalue weighted by molar-refractivity contribution is 0.0637. The Bertz CT molecular complexity index is 902. The summed E-state index contributed by atoms with van der Waals surface area (Å²) in [5, 5.41) is 0. The van der Waals surface area contributed by atoms with E-state index in [1.165, 1.54) is 11.6 Å². The van der Waals surface area contributed by atoms with E-state index in [-0.39, 0.29) is 10.8 Å². The number of piperazine rings is 1. The van der Waals surface area contributed by atoms with Gasteiger partial charge in [-0.25, -0.2) is 8.42 Å². The van der Waals surface area contributed by atoms with Gasteiger partial charge >= 0.3 is 0 Å². The minimum atomic E-state index is -3.33. The predicted octanol–water partition coefficient (Wildman–Crippen LogP) is 2.40. The Morgan fingerprint density at radius 2 is 1.67 bits per heavy atom. The maximum absolute atomic E-state index is 12.9. The van der Waals surface area contributed by atoms with E-state index in [1.54, 1.807) is 12.1 Å². The van der Waals surface area contributed by atoms with Gasteiger partial charge in [-0.3, -0.25) is 9.69 Å². The molecule has 0 aromatic heterocycles. The smallest absolute Gasteiger partial charge is 0.254 e. The highest BCUT2D eigenvalue weighted by Crippen LogP contribution is 2.18. The van der Waals surface area contributed by atoms with Crippen molar-refractivity contribution in [1.82, 2.24) is 9.80 Å². The molecule has 2 aromatic rings. The van der Waals surface area contributed by atoms with E-state index in [0.29, 0.717) is 18.7 Å². The average molecular weight is 387 g/mol. The van der Waals surface area contributed by atoms with Crippen LogP contribution in [0.2, 0.25) is 0 Å². The van der Waals surface area contributed by atoms with Crippen LogP contribution in [0.1, 0.15) is 21.5 Å². The van der Waals surface area contributed by atoms with Crippen LogP contribution in [-0.4, -0.2) is 63.1 Å². The van der Waals surface area contributed by atoms with Crippen molar-refractivity contribution in [3.8, 4) is 0 Å². The fourth-order valence-electron chi connectivity index (χ4n) is 3.34. The fourth-order valence-corrected chi connectivity index (χ4v) is 3.99. The lowest BCUT2D eigenvalue weighted by Crippen LogP contribution is -2.49. The van der Waals surface area contributed by atoms with Crippen LogP contribution in [0.3, 0.4) is 0 Å². The second-order valence-corrected chi connectivity index (χ2v) is 9.13. The summed E-state index contributed by atoms with van der Waals surface area (Å²) < 4.78 is 23.6. The molecular formula is C21H26N2O3S. The van der Waals surface area contributed by atoms with Crippen molar-refractivity contribution in [3.63, 3.8) is 0 Å². The molecule has 144 valence electrons. The zero-order chi connectivity index (χ0) is 19.4. The Morgan fingerprint density at radius 1 is 1.00 bits per heavy atom. The summed E-state index contributed by atoms with van der Waals surface area (Å²) in [6, 6.07) is 15.2. The lowest BCUT2D eigenvalue weighted by Gasteiger charge is -2.35. The maximum atomic E-state index is 12.9. The summed E-state index contributed by atoms with van der Waals surface area (Å²) in [5.41, 5.74) is 2.61. The quantitative estimate of drug-likeness (QED) is 0.792. The third-order valence-electron chi connectivity index (χ3n) is 5.09. The third-order valence-corrected chi connectivity index (χ3v) is 6.20. The Morgan fingerprint density at radius 3 is 2.30 bits per heavy atom. The summed E-state index contributed by atoms with van der Waals surface area (Å²) in [7, 11) is -3.33. The van der Waals surface area contributed by atoms with Gasteiger partial charge in [0.05, 0.1) is 4.90 Å². The molecular weight excluding hydrogens is 360 g/mol. The number of aryl methyl sites for hydroxylation is 1. The highest BCUT2D eigenvalue weighted by molar-refractivity contribution is 7.90. The molecule has 1 aliphatic heterocycles. The molecule has 27 heavy (non-hydrogen) atoms. The Kier molecular flexibility index (Phi) is 5.97. The van der Waals surface area contributed by atoms with Crippen LogP contribution in [-0.2, 0) is 16.3 Å². The first-order valence-corrected chi connectivity index (χ1v) is 11.1. The van der Waals surface area contributed by atoms with Gasteiger partial charge in [-0.2, -0.15) is 0 Å². The van der Waals surface area contributed by atoms with Gasteiger partial charge in [-0.1, -0.05) is 36.4 Å². The van der Waals surface area contributed by atoms with Crippen molar-refractivity contribution in [3.05, 3.63) is 65.2 Å². The normalized spacial score (nSPS) is 15.7. The van der Waals surface area contributed by atoms with Crippen LogP contribution < -0.4 is 0 Å². The van der Waals surface area contributed by atoms with Crippen LogP contribution in [0, 0.1) is 6.92 Å². The number of benzene rings is 2. The van der Waals surface area contributed by atoms with Crippen LogP contribution in [0.25, 0.3) is 0 Å². The highest BCUT2D eigenvalue weighted by atomic mass is 32.2. The lowest BCUT2D eigenvalue weighted by atomic mass is 10.1. The first kappa shape index (κ1) is 19.6. The van der Waals surface area contributed by atoms with E-state index in [0.717, 1.165) is 37.9 Å². The molecule has 0 bridgehead atoms. The molecule has 6 heteroatoms. The number of sulfone groups is 1. The standard InChI is InChI=1S/C21H26N2O3S/c1-17-8-9-19(27(2,25)26)16-20(17)21(24)23-14-12-22(13-15-23)11-10-18-6-4-3-5-7-18/h3-9,16H,10-15H2,1-2H3. The van der Waals surface area contributed by atoms with E-state index >= 15 is 0 Å². The number of hydrogen-bond acceptors (Lipinski definition) is 4. The van der Waals surface area contributed by atoms with E-state index < -0.39 is 9.84 Å². The van der Waals surface area contributed by atoms with Crippen molar-refractivity contribution >= 4 is 15.7 Å². The first-order valence-electron chi connectivity index (χ1n) is 9.21. The zero-order valence-corrected chi connectivity index (χ0v) is 16.7. The summed E-state index contributed by atoms with van der Waals surface area (Å²) >= 11 is 0. The topological polar surface area (TPSA) is 57.7 Å². The minimum absolute atomic E-state index is 0.0827. The summed E-state index contributed by atoms with van der Waals surface area (Å²) in [6.45, 7) is 5.82. The molecule has 1 aliphatic rings. The van der Waals surface area contributed by atoms with Crippen molar-refractivity contribution in [2.45, 2.75) is 18.2 Å². The van der Waals surface area contributed by atoms with Gasteiger partial charge < -0.3 is 4.90 Å². The van der Waals surface area contributed by atoms with E-state index in [9.17, 15) is 13.2 Å². The molecule has 1 fully saturated rings. The average Bonchev–Trinajstić information content (AvgIpc) is 2.66. The van der Waals surface area contributed by atoms with Crippen molar-refractivity contribution in [1.29, 1.82) is 0 Å². The van der Waals surface area contributed by atoms with Crippen LogP contribution in [0.5, 0.6) is 0 Å². The number of carbonyl (C=O) groups is 1. The summed E-state index contributed by atoms with van der Waals surface area (Å²) in [4.78, 5) is 17.3. The SMILES string of the molecule is Cc1ccc(S(C)(=O)=O)cc1C(=O)N1CCN(CCc2ccccc2)CC1. The number of hydrogen-bond donors (Lipinski definition) is 0. The van der Waals surface area contributed by atoms with Gasteiger partial charge in [0.25, 0.3) is 5.91 Å². The highest BCUT2D eigenvalue weighted by Gasteiger charge is 2.24. The molecule has 0 spiro atoms. The molecule has 0 unspecified atom stereocenters. The van der Waals surface area contributed by atoms with Gasteiger partial charge in [0.1, 0.15) is 0 Å². The molecule has 2 aromatic carbocycles. The Hall–Kier alpha value is -2.18. The van der Waals surface area contributed by atoms with Crippen LogP contribution in [0.15, 0.2) is 53.4 Å². The van der Waals surface area contributed by atoms with Gasteiger partial charge in [-0.05, 0) is 36.6 Å². The van der Waals surface area contributed by atoms with Gasteiger partial charge in [0.2, 0.25) is 0 Å². The number of carbonyl (C=O) groups excluding carboxylic acids is 1. The second kappa shape index (κ2) is 8.23. The summed E-state index contributed by atoms with van der Waals surface area (Å²) in [6.07, 6.45) is 2.17. The predicted molar refractivity (Wildman–Crippen MR) is 107 cm³/mol. The fraction of sp³-hybridized carbons (Fsp3) is 0.381. The van der Waals surface area contributed by atoms with Crippen LogP contribution >= 0.6 is 0 Å². The second-order valence-electron chi connectivity index (χ2n) is 7.12. The monoisotopic (exact) mass is 386 g/mol. The first-order chi connectivity index (χ1) is 12.8. The number of amides is 1. The molecule has 0 radical (unpaired) electrons. The molecule has 1 saturated heterocycles. The number of nitrogens with zero attached hydrogens (tertiary/aromatic N) is 2. The number of rotatable bonds is 5. The minimum Gasteiger partial charge on any atom is -0.336 e. The third kappa shape index (κ3) is 4.96. The molecule has 0 aliphatic carbocycles. The Balaban J connectivity index is 1.60. The van der Waals surface area contributed by atoms with E-state index in [4.69, 9.17) is 0 Å². The van der Waals surface area contributed by atoms with E-state index in [1.807, 2.05) is 17.9 Å². The molecule has 0 atom stereocenters. The van der Waals surface area contributed by atoms with Gasteiger partial charge in [0, 0.05) is 44.5 Å². The van der Waals surface area contributed by atoms with Gasteiger partial charge in [0.15, 0.2) is 9.84 Å². The van der Waals surface area contributed by atoms with Crippen molar-refractivity contribution in [2.75, 3.05) is 39.0 Å². The van der Waals surface area contributed by atoms with Gasteiger partial charge in [-0.15, -0.1) is 0 Å². The van der Waals surface area contributed by atoms with E-state index in [2.05, 4.69) is 29.2 Å². The molecule has 0 N–H and O–H groups in total.